The first-order valence-electron chi connectivity index (χ1n) is 8.59. The minimum Gasteiger partial charge on any atom is -0.371 e. The van der Waals surface area contributed by atoms with Crippen LogP contribution in [0.2, 0.25) is 0 Å². The second kappa shape index (κ2) is 6.65. The van der Waals surface area contributed by atoms with E-state index in [-0.39, 0.29) is 5.95 Å². The largest absolute Gasteiger partial charge is 0.371 e. The van der Waals surface area contributed by atoms with E-state index in [2.05, 4.69) is 37.8 Å². The average molecular weight is 377 g/mol. The van der Waals surface area contributed by atoms with E-state index in [9.17, 15) is 5.11 Å². The molecule has 1 aliphatic rings. The van der Waals surface area contributed by atoms with Gasteiger partial charge >= 0.3 is 0 Å². The molecule has 6 nitrogen and oxygen atoms in total. The molecule has 1 unspecified atom stereocenters. The molecule has 0 amide bonds. The van der Waals surface area contributed by atoms with Crippen LogP contribution in [-0.4, -0.2) is 26.6 Å². The number of benzene rings is 1. The molecule has 0 fully saturated rings. The highest BCUT2D eigenvalue weighted by atomic mass is 32.1. The third kappa shape index (κ3) is 3.50. The van der Waals surface area contributed by atoms with Crippen molar-refractivity contribution >= 4 is 28.8 Å². The van der Waals surface area contributed by atoms with Crippen molar-refractivity contribution < 1.29 is 5.11 Å². The summed E-state index contributed by atoms with van der Waals surface area (Å²) in [6, 6.07) is 7.93. The van der Waals surface area contributed by atoms with E-state index in [4.69, 9.17) is 5.73 Å². The van der Waals surface area contributed by atoms with Crippen LogP contribution in [0.3, 0.4) is 0 Å². The van der Waals surface area contributed by atoms with Gasteiger partial charge in [-0.1, -0.05) is 17.9 Å². The maximum atomic E-state index is 10.6. The van der Waals surface area contributed by atoms with E-state index in [1.807, 2.05) is 30.5 Å². The molecule has 3 N–H and O–H groups in total. The van der Waals surface area contributed by atoms with Gasteiger partial charge in [-0.2, -0.15) is 4.98 Å². The lowest BCUT2D eigenvalue weighted by molar-refractivity contribution is 0.121. The Morgan fingerprint density at radius 1 is 1.30 bits per heavy atom. The topological polar surface area (TPSA) is 88.2 Å². The minimum atomic E-state index is -1.28. The average Bonchev–Trinajstić information content (AvgIpc) is 3.26. The molecule has 1 aliphatic heterocycles. The summed E-state index contributed by atoms with van der Waals surface area (Å²) in [6.45, 7) is 4.40. The maximum Gasteiger partial charge on any atom is 0.221 e. The zero-order chi connectivity index (χ0) is 19.0. The molecule has 0 saturated heterocycles. The summed E-state index contributed by atoms with van der Waals surface area (Å²) in [5.41, 5.74) is 8.46. The van der Waals surface area contributed by atoms with Crippen LogP contribution in [0.1, 0.15) is 28.8 Å². The molecule has 1 aromatic carbocycles. The fourth-order valence-electron chi connectivity index (χ4n) is 3.03. The second-order valence-corrected chi connectivity index (χ2v) is 7.49. The van der Waals surface area contributed by atoms with Crippen molar-refractivity contribution in [2.45, 2.75) is 25.9 Å². The molecule has 0 aliphatic carbocycles. The zero-order valence-electron chi connectivity index (χ0n) is 15.1. The number of hydrogen-bond acceptors (Lipinski definition) is 7. The Bertz CT molecular complexity index is 1060. The molecule has 1 atom stereocenters. The van der Waals surface area contributed by atoms with Crippen molar-refractivity contribution in [2.24, 2.45) is 0 Å². The predicted molar refractivity (Wildman–Crippen MR) is 107 cm³/mol. The zero-order valence-corrected chi connectivity index (χ0v) is 15.9. The molecule has 2 aromatic heterocycles. The molecule has 0 spiro atoms. The Balaban J connectivity index is 1.65. The second-order valence-electron chi connectivity index (χ2n) is 6.63. The third-order valence-corrected chi connectivity index (χ3v) is 5.57. The van der Waals surface area contributed by atoms with Gasteiger partial charge in [0.1, 0.15) is 10.8 Å². The van der Waals surface area contributed by atoms with Gasteiger partial charge in [-0.15, -0.1) is 11.3 Å². The number of thiazole rings is 1. The van der Waals surface area contributed by atoms with Crippen molar-refractivity contribution in [3.8, 4) is 11.8 Å². The standard InChI is InChI=1S/C20H19N5OS/c1-13-12-27-18(23-13)20(2,26)8-5-14-3-4-15-7-10-25(16(15)11-14)17-6-9-22-19(21)24-17/h3-4,6,9,11-12,26H,7,10H2,1-2H3,(H2,21,22,24). The van der Waals surface area contributed by atoms with E-state index in [1.54, 1.807) is 13.1 Å². The van der Waals surface area contributed by atoms with Crippen LogP contribution >= 0.6 is 11.3 Å². The van der Waals surface area contributed by atoms with Gasteiger partial charge in [0.05, 0.1) is 0 Å². The number of nitrogens with two attached hydrogens (primary N) is 1. The summed E-state index contributed by atoms with van der Waals surface area (Å²) < 4.78 is 0. The minimum absolute atomic E-state index is 0.256. The van der Waals surface area contributed by atoms with Gasteiger partial charge in [0, 0.05) is 35.1 Å². The summed E-state index contributed by atoms with van der Waals surface area (Å²) in [5.74, 6) is 7.07. The van der Waals surface area contributed by atoms with E-state index in [0.29, 0.717) is 5.01 Å². The lowest BCUT2D eigenvalue weighted by atomic mass is 10.1. The van der Waals surface area contributed by atoms with Gasteiger partial charge in [0.2, 0.25) is 5.95 Å². The molecule has 27 heavy (non-hydrogen) atoms. The Morgan fingerprint density at radius 2 is 2.15 bits per heavy atom. The number of hydrogen-bond donors (Lipinski definition) is 2. The number of rotatable bonds is 2. The first-order chi connectivity index (χ1) is 12.9. The summed E-state index contributed by atoms with van der Waals surface area (Å²) >= 11 is 1.41. The summed E-state index contributed by atoms with van der Waals surface area (Å²) in [7, 11) is 0. The van der Waals surface area contributed by atoms with Gasteiger partial charge in [0.15, 0.2) is 5.60 Å². The number of aliphatic hydroxyl groups is 1. The van der Waals surface area contributed by atoms with Crippen LogP contribution in [0.5, 0.6) is 0 Å². The Morgan fingerprint density at radius 3 is 2.89 bits per heavy atom. The molecule has 0 bridgehead atoms. The molecular formula is C20H19N5OS. The first kappa shape index (κ1) is 17.5. The fraction of sp³-hybridized carbons (Fsp3) is 0.250. The summed E-state index contributed by atoms with van der Waals surface area (Å²) in [6.07, 6.45) is 2.59. The molecule has 136 valence electrons. The van der Waals surface area contributed by atoms with E-state index in [0.717, 1.165) is 35.7 Å². The molecular weight excluding hydrogens is 358 g/mol. The van der Waals surface area contributed by atoms with Crippen LogP contribution < -0.4 is 10.6 Å². The molecule has 0 radical (unpaired) electrons. The lowest BCUT2D eigenvalue weighted by Gasteiger charge is -2.18. The molecule has 3 aromatic rings. The number of anilines is 3. The third-order valence-electron chi connectivity index (χ3n) is 4.40. The number of nitrogens with zero attached hydrogens (tertiary/aromatic N) is 4. The van der Waals surface area contributed by atoms with Crippen molar-refractivity contribution in [3.05, 3.63) is 57.7 Å². The SMILES string of the molecule is Cc1csc(C(C)(O)C#Cc2ccc3c(c2)N(c2ccnc(N)n2)CC3)n1. The summed E-state index contributed by atoms with van der Waals surface area (Å²) in [5, 5.41) is 13.2. The van der Waals surface area contributed by atoms with Crippen LogP contribution in [0.4, 0.5) is 17.5 Å². The molecule has 3 heterocycles. The predicted octanol–water partition coefficient (Wildman–Crippen LogP) is 2.78. The van der Waals surface area contributed by atoms with Gasteiger partial charge in [-0.05, 0) is 44.0 Å². The highest BCUT2D eigenvalue weighted by molar-refractivity contribution is 7.09. The lowest BCUT2D eigenvalue weighted by Crippen LogP contribution is -2.18. The molecule has 7 heteroatoms. The van der Waals surface area contributed by atoms with Crippen molar-refractivity contribution in [1.82, 2.24) is 15.0 Å². The first-order valence-corrected chi connectivity index (χ1v) is 9.47. The number of aryl methyl sites for hydroxylation is 1. The van der Waals surface area contributed by atoms with E-state index in [1.165, 1.54) is 16.9 Å². The van der Waals surface area contributed by atoms with E-state index >= 15 is 0 Å². The van der Waals surface area contributed by atoms with Crippen molar-refractivity contribution in [3.63, 3.8) is 0 Å². The van der Waals surface area contributed by atoms with Crippen LogP contribution in [0.25, 0.3) is 0 Å². The fourth-order valence-corrected chi connectivity index (χ4v) is 3.85. The molecule has 0 saturated carbocycles. The quantitative estimate of drug-likeness (QED) is 0.668. The van der Waals surface area contributed by atoms with Gasteiger partial charge in [-0.25, -0.2) is 9.97 Å². The van der Waals surface area contributed by atoms with Gasteiger partial charge in [-0.3, -0.25) is 0 Å². The summed E-state index contributed by atoms with van der Waals surface area (Å²) in [4.78, 5) is 14.7. The molecule has 4 rings (SSSR count). The van der Waals surface area contributed by atoms with Crippen LogP contribution in [0, 0.1) is 18.8 Å². The maximum absolute atomic E-state index is 10.6. The van der Waals surface area contributed by atoms with Crippen molar-refractivity contribution in [2.75, 3.05) is 17.2 Å². The highest BCUT2D eigenvalue weighted by Crippen LogP contribution is 2.34. The van der Waals surface area contributed by atoms with Gasteiger partial charge in [0.25, 0.3) is 0 Å². The van der Waals surface area contributed by atoms with Crippen molar-refractivity contribution in [1.29, 1.82) is 0 Å². The highest BCUT2D eigenvalue weighted by Gasteiger charge is 2.24. The smallest absolute Gasteiger partial charge is 0.221 e. The Labute approximate surface area is 161 Å². The van der Waals surface area contributed by atoms with Crippen LogP contribution in [0.15, 0.2) is 35.8 Å². The van der Waals surface area contributed by atoms with E-state index < -0.39 is 5.60 Å². The number of nitrogen functional groups attached to an aromatic ring is 1. The number of aromatic nitrogens is 3. The van der Waals surface area contributed by atoms with Gasteiger partial charge < -0.3 is 15.7 Å². The Hall–Kier alpha value is -2.95. The van der Waals surface area contributed by atoms with Crippen LogP contribution in [-0.2, 0) is 12.0 Å². The normalized spacial score (nSPS) is 15.0. The monoisotopic (exact) mass is 377 g/mol. The Kier molecular flexibility index (Phi) is 4.30. The number of fused-ring (bicyclic) bond motifs is 1.